The van der Waals surface area contributed by atoms with Crippen LogP contribution in [0.5, 0.6) is 0 Å². The van der Waals surface area contributed by atoms with Gasteiger partial charge in [-0.05, 0) is 74.8 Å². The zero-order valence-electron chi connectivity index (χ0n) is 18.0. The van der Waals surface area contributed by atoms with Crippen molar-refractivity contribution in [2.45, 2.75) is 46.5 Å². The summed E-state index contributed by atoms with van der Waals surface area (Å²) >= 11 is 0. The Labute approximate surface area is 175 Å². The summed E-state index contributed by atoms with van der Waals surface area (Å²) < 4.78 is 0. The third-order valence-electron chi connectivity index (χ3n) is 6.87. The van der Waals surface area contributed by atoms with Crippen molar-refractivity contribution in [2.75, 3.05) is 0 Å². The van der Waals surface area contributed by atoms with E-state index >= 15 is 0 Å². The van der Waals surface area contributed by atoms with Gasteiger partial charge in [-0.15, -0.1) is 0 Å². The molecule has 0 spiro atoms. The van der Waals surface area contributed by atoms with Gasteiger partial charge in [0.15, 0.2) is 0 Å². The summed E-state index contributed by atoms with van der Waals surface area (Å²) in [6, 6.07) is 20.6. The SMILES string of the molecule is CC1C=CC2=C(C1)C(C)Cc1c2ccc2cc(C(C)C)cc(-c3ccccc3)c12. The molecule has 0 saturated carbocycles. The molecule has 2 unspecified atom stereocenters. The van der Waals surface area contributed by atoms with Gasteiger partial charge in [-0.3, -0.25) is 0 Å². The molecule has 0 radical (unpaired) electrons. The van der Waals surface area contributed by atoms with Crippen LogP contribution in [0.25, 0.3) is 27.5 Å². The number of hydrogen-bond donors (Lipinski definition) is 0. The molecule has 0 nitrogen and oxygen atoms in total. The first-order valence-corrected chi connectivity index (χ1v) is 11.1. The van der Waals surface area contributed by atoms with E-state index in [1.54, 1.807) is 11.1 Å². The average Bonchev–Trinajstić information content (AvgIpc) is 2.73. The van der Waals surface area contributed by atoms with Crippen LogP contribution >= 0.6 is 0 Å². The number of rotatable bonds is 2. The van der Waals surface area contributed by atoms with Crippen LogP contribution in [0.2, 0.25) is 0 Å². The van der Waals surface area contributed by atoms with E-state index in [2.05, 4.69) is 94.4 Å². The molecule has 0 N–H and O–H groups in total. The maximum atomic E-state index is 2.44. The number of hydrogen-bond acceptors (Lipinski definition) is 0. The minimum absolute atomic E-state index is 0.522. The van der Waals surface area contributed by atoms with Gasteiger partial charge >= 0.3 is 0 Å². The molecule has 0 fully saturated rings. The van der Waals surface area contributed by atoms with E-state index in [4.69, 9.17) is 0 Å². The zero-order valence-corrected chi connectivity index (χ0v) is 18.0. The van der Waals surface area contributed by atoms with Gasteiger partial charge in [-0.1, -0.05) is 100 Å². The molecular formula is C29H30. The Morgan fingerprint density at radius 2 is 1.66 bits per heavy atom. The monoisotopic (exact) mass is 378 g/mol. The van der Waals surface area contributed by atoms with Crippen LogP contribution in [-0.2, 0) is 6.42 Å². The summed E-state index contributed by atoms with van der Waals surface area (Å²) in [5.41, 5.74) is 10.3. The van der Waals surface area contributed by atoms with Crippen LogP contribution < -0.4 is 0 Å². The highest BCUT2D eigenvalue weighted by Gasteiger charge is 2.28. The Kier molecular flexibility index (Phi) is 4.46. The third kappa shape index (κ3) is 3.06. The molecule has 0 amide bonds. The van der Waals surface area contributed by atoms with E-state index in [1.165, 1.54) is 45.0 Å². The first kappa shape index (κ1) is 18.4. The fourth-order valence-electron chi connectivity index (χ4n) is 5.26. The van der Waals surface area contributed by atoms with Crippen LogP contribution in [0.4, 0.5) is 0 Å². The van der Waals surface area contributed by atoms with E-state index in [0.29, 0.717) is 17.8 Å². The van der Waals surface area contributed by atoms with Crippen molar-refractivity contribution in [1.82, 2.24) is 0 Å². The van der Waals surface area contributed by atoms with E-state index in [1.807, 2.05) is 0 Å². The molecular weight excluding hydrogens is 348 g/mol. The standard InChI is InChI=1S/C29H30/c1-18(2)23-16-22-11-13-25-24-12-10-19(3)14-26(24)20(4)15-28(25)29(22)27(17-23)21-8-6-5-7-9-21/h5-13,16-20H,14-15H2,1-4H3. The third-order valence-corrected chi connectivity index (χ3v) is 6.87. The van der Waals surface area contributed by atoms with Crippen molar-refractivity contribution in [3.8, 4) is 11.1 Å². The summed E-state index contributed by atoms with van der Waals surface area (Å²) in [5.74, 6) is 1.80. The Morgan fingerprint density at radius 1 is 0.862 bits per heavy atom. The molecule has 0 saturated heterocycles. The maximum absolute atomic E-state index is 2.44. The highest BCUT2D eigenvalue weighted by molar-refractivity contribution is 6.03. The molecule has 146 valence electrons. The average molecular weight is 379 g/mol. The molecule has 29 heavy (non-hydrogen) atoms. The molecule has 0 bridgehead atoms. The molecule has 2 aliphatic carbocycles. The van der Waals surface area contributed by atoms with Crippen LogP contribution in [0.3, 0.4) is 0 Å². The van der Waals surface area contributed by atoms with Crippen molar-refractivity contribution in [3.05, 3.63) is 89.0 Å². The first-order valence-electron chi connectivity index (χ1n) is 11.1. The second-order valence-corrected chi connectivity index (χ2v) is 9.36. The van der Waals surface area contributed by atoms with Crippen LogP contribution in [0.15, 0.2) is 72.3 Å². The minimum atomic E-state index is 0.522. The first-order chi connectivity index (χ1) is 14.0. The summed E-state index contributed by atoms with van der Waals surface area (Å²) in [7, 11) is 0. The van der Waals surface area contributed by atoms with Gasteiger partial charge in [-0.25, -0.2) is 0 Å². The van der Waals surface area contributed by atoms with Crippen LogP contribution in [0.1, 0.15) is 56.7 Å². The summed E-state index contributed by atoms with van der Waals surface area (Å²) in [5, 5.41) is 2.85. The van der Waals surface area contributed by atoms with Gasteiger partial charge in [0.05, 0.1) is 0 Å². The maximum Gasteiger partial charge on any atom is -0.00667 e. The van der Waals surface area contributed by atoms with E-state index in [9.17, 15) is 0 Å². The number of fused-ring (bicyclic) bond motifs is 4. The smallest absolute Gasteiger partial charge is 0.00667 e. The molecule has 2 aliphatic rings. The van der Waals surface area contributed by atoms with Crippen LogP contribution in [0, 0.1) is 11.8 Å². The second kappa shape index (κ2) is 7.02. The van der Waals surface area contributed by atoms with Gasteiger partial charge in [0.25, 0.3) is 0 Å². The predicted octanol–water partition coefficient (Wildman–Crippen LogP) is 8.17. The molecule has 5 rings (SSSR count). The lowest BCUT2D eigenvalue weighted by Gasteiger charge is -2.32. The van der Waals surface area contributed by atoms with Gasteiger partial charge in [0.2, 0.25) is 0 Å². The number of allylic oxidation sites excluding steroid dienone is 4. The summed E-state index contributed by atoms with van der Waals surface area (Å²) in [6.07, 6.45) is 7.15. The second-order valence-electron chi connectivity index (χ2n) is 9.36. The Morgan fingerprint density at radius 3 is 2.41 bits per heavy atom. The Bertz CT molecular complexity index is 1140. The van der Waals surface area contributed by atoms with Gasteiger partial charge in [0, 0.05) is 0 Å². The predicted molar refractivity (Wildman–Crippen MR) is 126 cm³/mol. The molecule has 2 atom stereocenters. The van der Waals surface area contributed by atoms with E-state index in [0.717, 1.165) is 6.42 Å². The summed E-state index contributed by atoms with van der Waals surface area (Å²) in [4.78, 5) is 0. The lowest BCUT2D eigenvalue weighted by molar-refractivity contribution is 0.583. The normalized spacial score (nSPS) is 20.9. The molecule has 0 aliphatic heterocycles. The van der Waals surface area contributed by atoms with Gasteiger partial charge in [0.1, 0.15) is 0 Å². The Hall–Kier alpha value is -2.60. The molecule has 0 heteroatoms. The highest BCUT2D eigenvalue weighted by Crippen LogP contribution is 2.46. The van der Waals surface area contributed by atoms with Crippen molar-refractivity contribution >= 4 is 16.3 Å². The Balaban J connectivity index is 1.83. The fourth-order valence-corrected chi connectivity index (χ4v) is 5.26. The van der Waals surface area contributed by atoms with E-state index in [-0.39, 0.29) is 0 Å². The van der Waals surface area contributed by atoms with Crippen molar-refractivity contribution in [3.63, 3.8) is 0 Å². The quantitative estimate of drug-likeness (QED) is 0.422. The van der Waals surface area contributed by atoms with Crippen LogP contribution in [-0.4, -0.2) is 0 Å². The molecule has 0 heterocycles. The lowest BCUT2D eigenvalue weighted by atomic mass is 9.72. The zero-order chi connectivity index (χ0) is 20.1. The highest BCUT2D eigenvalue weighted by atomic mass is 14.3. The topological polar surface area (TPSA) is 0 Å². The van der Waals surface area contributed by atoms with Gasteiger partial charge < -0.3 is 0 Å². The van der Waals surface area contributed by atoms with Gasteiger partial charge in [-0.2, -0.15) is 0 Å². The van der Waals surface area contributed by atoms with E-state index < -0.39 is 0 Å². The number of benzene rings is 3. The molecule has 3 aromatic carbocycles. The molecule has 3 aromatic rings. The van der Waals surface area contributed by atoms with Crippen molar-refractivity contribution in [1.29, 1.82) is 0 Å². The molecule has 0 aromatic heterocycles. The van der Waals surface area contributed by atoms with Crippen molar-refractivity contribution in [2.24, 2.45) is 11.8 Å². The van der Waals surface area contributed by atoms with Crippen molar-refractivity contribution < 1.29 is 0 Å². The largest absolute Gasteiger partial charge is 0.0808 e. The lowest BCUT2D eigenvalue weighted by Crippen LogP contribution is -2.17. The fraction of sp³-hybridized carbons (Fsp3) is 0.310. The summed E-state index contributed by atoms with van der Waals surface area (Å²) in [6.45, 7) is 9.35. The minimum Gasteiger partial charge on any atom is -0.0808 e.